The maximum Gasteiger partial charge on any atom is 0.226 e. The van der Waals surface area contributed by atoms with E-state index in [1.165, 1.54) is 0 Å². The molecule has 1 aliphatic rings. The van der Waals surface area contributed by atoms with E-state index >= 15 is 0 Å². The highest BCUT2D eigenvalue weighted by Gasteiger charge is 2.40. The number of carbonyl (C=O) groups excluding carboxylic acids is 1. The molecule has 2 atom stereocenters. The zero-order valence-corrected chi connectivity index (χ0v) is 13.0. The van der Waals surface area contributed by atoms with E-state index in [2.05, 4.69) is 15.9 Å². The van der Waals surface area contributed by atoms with Gasteiger partial charge < -0.3 is 4.90 Å². The molecule has 1 heterocycles. The fraction of sp³-hybridized carbons (Fsp3) is 0.462. The molecule has 1 amide bonds. The highest BCUT2D eigenvalue weighted by molar-refractivity contribution is 9.09. The molecule has 0 aliphatic carbocycles. The van der Waals surface area contributed by atoms with Gasteiger partial charge in [-0.05, 0) is 18.1 Å². The van der Waals surface area contributed by atoms with Gasteiger partial charge in [-0.3, -0.25) is 4.79 Å². The van der Waals surface area contributed by atoms with Crippen LogP contribution in [0.2, 0.25) is 0 Å². The molecule has 19 heavy (non-hydrogen) atoms. The van der Waals surface area contributed by atoms with Crippen LogP contribution in [0.4, 0.5) is 0 Å². The molecule has 104 valence electrons. The quantitative estimate of drug-likeness (QED) is 0.778. The molecule has 2 rings (SSSR count). The molecule has 0 spiro atoms. The van der Waals surface area contributed by atoms with Crippen LogP contribution in [0.1, 0.15) is 0 Å². The number of halogens is 1. The highest BCUT2D eigenvalue weighted by Crippen LogP contribution is 2.28. The molecule has 1 fully saturated rings. The Labute approximate surface area is 121 Å². The van der Waals surface area contributed by atoms with Gasteiger partial charge in [0.2, 0.25) is 5.91 Å². The maximum atomic E-state index is 12.3. The van der Waals surface area contributed by atoms with Crippen molar-refractivity contribution in [3.05, 3.63) is 30.3 Å². The van der Waals surface area contributed by atoms with Crippen LogP contribution in [0.25, 0.3) is 0 Å². The monoisotopic (exact) mass is 345 g/mol. The van der Waals surface area contributed by atoms with Gasteiger partial charge in [-0.15, -0.1) is 0 Å². The van der Waals surface area contributed by atoms with Gasteiger partial charge in [-0.25, -0.2) is 8.42 Å². The molecule has 6 heteroatoms. The van der Waals surface area contributed by atoms with E-state index in [9.17, 15) is 13.2 Å². The minimum absolute atomic E-state index is 0.0518. The van der Waals surface area contributed by atoms with Gasteiger partial charge in [-0.1, -0.05) is 34.1 Å². The number of likely N-dealkylation sites (tertiary alicyclic amines) is 1. The van der Waals surface area contributed by atoms with Crippen LogP contribution < -0.4 is 0 Å². The van der Waals surface area contributed by atoms with Gasteiger partial charge >= 0.3 is 0 Å². The summed E-state index contributed by atoms with van der Waals surface area (Å²) < 4.78 is 24.6. The summed E-state index contributed by atoms with van der Waals surface area (Å²) in [5.74, 6) is -0.592. The Morgan fingerprint density at radius 3 is 2.53 bits per heavy atom. The van der Waals surface area contributed by atoms with Crippen LogP contribution >= 0.6 is 15.9 Å². The molecule has 1 aromatic rings. The first-order valence-corrected chi connectivity index (χ1v) is 8.82. The molecule has 1 aliphatic heterocycles. The molecule has 1 saturated heterocycles. The number of hydrogen-bond acceptors (Lipinski definition) is 3. The van der Waals surface area contributed by atoms with E-state index in [4.69, 9.17) is 0 Å². The smallest absolute Gasteiger partial charge is 0.226 e. The molecular weight excluding hydrogens is 330 g/mol. The molecule has 0 unspecified atom stereocenters. The van der Waals surface area contributed by atoms with Gasteiger partial charge in [0.25, 0.3) is 0 Å². The number of benzene rings is 1. The van der Waals surface area contributed by atoms with Gasteiger partial charge in [0.15, 0.2) is 9.84 Å². The standard InChI is InChI=1S/C13H16BrNO3S/c1-15-8-10(7-14)12(13(15)16)9-19(17,18)11-5-3-2-4-6-11/h2-6,10,12H,7-9H2,1H3/t10-,12-/m0/s1. The number of carbonyl (C=O) groups is 1. The summed E-state index contributed by atoms with van der Waals surface area (Å²) >= 11 is 3.36. The number of amides is 1. The average Bonchev–Trinajstić information content (AvgIpc) is 2.67. The first-order chi connectivity index (χ1) is 8.95. The van der Waals surface area contributed by atoms with E-state index in [0.29, 0.717) is 11.9 Å². The van der Waals surface area contributed by atoms with Gasteiger partial charge in [-0.2, -0.15) is 0 Å². The second-order valence-electron chi connectivity index (χ2n) is 4.83. The molecule has 1 aromatic carbocycles. The summed E-state index contributed by atoms with van der Waals surface area (Å²) in [6.07, 6.45) is 0. The topological polar surface area (TPSA) is 54.5 Å². The molecule has 0 N–H and O–H groups in total. The molecule has 0 radical (unpaired) electrons. The molecular formula is C13H16BrNO3S. The van der Waals surface area contributed by atoms with Crippen LogP contribution in [0, 0.1) is 11.8 Å². The first-order valence-electron chi connectivity index (χ1n) is 6.04. The van der Waals surface area contributed by atoms with Crippen molar-refractivity contribution in [3.63, 3.8) is 0 Å². The Morgan fingerprint density at radius 1 is 1.32 bits per heavy atom. The van der Waals surface area contributed by atoms with Gasteiger partial charge in [0.05, 0.1) is 16.6 Å². The summed E-state index contributed by atoms with van der Waals surface area (Å²) in [7, 11) is -1.70. The van der Waals surface area contributed by atoms with E-state index in [1.54, 1.807) is 42.3 Å². The normalized spacial score (nSPS) is 23.9. The first kappa shape index (κ1) is 14.5. The van der Waals surface area contributed by atoms with Crippen molar-refractivity contribution in [1.82, 2.24) is 4.90 Å². The molecule has 4 nitrogen and oxygen atoms in total. The maximum absolute atomic E-state index is 12.3. The van der Waals surface area contributed by atoms with Crippen LogP contribution in [-0.4, -0.2) is 43.9 Å². The average molecular weight is 346 g/mol. The summed E-state index contributed by atoms with van der Waals surface area (Å²) in [6.45, 7) is 0.610. The van der Waals surface area contributed by atoms with E-state index < -0.39 is 15.8 Å². The Bertz CT molecular complexity index is 559. The number of alkyl halides is 1. The second kappa shape index (κ2) is 5.63. The molecule has 0 aromatic heterocycles. The SMILES string of the molecule is CN1C[C@H](CBr)[C@H](CS(=O)(=O)c2ccccc2)C1=O. The van der Waals surface area contributed by atoms with Gasteiger partial charge in [0, 0.05) is 18.9 Å². The van der Waals surface area contributed by atoms with E-state index in [-0.39, 0.29) is 22.5 Å². The number of rotatable bonds is 4. The number of nitrogens with zero attached hydrogens (tertiary/aromatic N) is 1. The van der Waals surface area contributed by atoms with Crippen LogP contribution in [0.3, 0.4) is 0 Å². The lowest BCUT2D eigenvalue weighted by Gasteiger charge is -2.14. The number of hydrogen-bond donors (Lipinski definition) is 0. The third-order valence-electron chi connectivity index (χ3n) is 3.47. The van der Waals surface area contributed by atoms with Crippen molar-refractivity contribution in [2.24, 2.45) is 11.8 Å². The minimum atomic E-state index is -3.41. The zero-order valence-electron chi connectivity index (χ0n) is 10.6. The zero-order chi connectivity index (χ0) is 14.0. The van der Waals surface area contributed by atoms with Crippen molar-refractivity contribution in [3.8, 4) is 0 Å². The molecule has 0 bridgehead atoms. The van der Waals surface area contributed by atoms with Crippen LogP contribution in [-0.2, 0) is 14.6 Å². The lowest BCUT2D eigenvalue weighted by Crippen LogP contribution is -2.28. The largest absolute Gasteiger partial charge is 0.345 e. The van der Waals surface area contributed by atoms with Crippen molar-refractivity contribution in [1.29, 1.82) is 0 Å². The van der Waals surface area contributed by atoms with Crippen molar-refractivity contribution in [2.75, 3.05) is 24.7 Å². The minimum Gasteiger partial charge on any atom is -0.345 e. The molecule has 0 saturated carbocycles. The Balaban J connectivity index is 2.23. The Morgan fingerprint density at radius 2 is 1.95 bits per heavy atom. The Hall–Kier alpha value is -0.880. The van der Waals surface area contributed by atoms with Crippen molar-refractivity contribution < 1.29 is 13.2 Å². The van der Waals surface area contributed by atoms with Gasteiger partial charge in [0.1, 0.15) is 0 Å². The van der Waals surface area contributed by atoms with E-state index in [1.807, 2.05) is 0 Å². The van der Waals surface area contributed by atoms with Crippen LogP contribution in [0.5, 0.6) is 0 Å². The van der Waals surface area contributed by atoms with Crippen molar-refractivity contribution in [2.45, 2.75) is 4.90 Å². The highest BCUT2D eigenvalue weighted by atomic mass is 79.9. The fourth-order valence-electron chi connectivity index (χ4n) is 2.38. The summed E-state index contributed by atoms with van der Waals surface area (Å²) in [5.41, 5.74) is 0. The number of sulfone groups is 1. The van der Waals surface area contributed by atoms with Crippen molar-refractivity contribution >= 4 is 31.7 Å². The third kappa shape index (κ3) is 3.00. The predicted octanol–water partition coefficient (Wildman–Crippen LogP) is 1.56. The lowest BCUT2D eigenvalue weighted by molar-refractivity contribution is -0.129. The third-order valence-corrected chi connectivity index (χ3v) is 6.09. The summed E-state index contributed by atoms with van der Waals surface area (Å²) in [5, 5.41) is 0.637. The van der Waals surface area contributed by atoms with E-state index in [0.717, 1.165) is 0 Å². The summed E-state index contributed by atoms with van der Waals surface area (Å²) in [6, 6.07) is 8.30. The summed E-state index contributed by atoms with van der Waals surface area (Å²) in [4.78, 5) is 13.9. The second-order valence-corrected chi connectivity index (χ2v) is 7.52. The predicted molar refractivity (Wildman–Crippen MR) is 76.9 cm³/mol. The lowest BCUT2D eigenvalue weighted by atomic mass is 10.00. The fourth-order valence-corrected chi connectivity index (χ4v) is 4.69. The van der Waals surface area contributed by atoms with Crippen LogP contribution in [0.15, 0.2) is 35.2 Å². The Kier molecular flexibility index (Phi) is 4.30.